The average Bonchev–Trinajstić information content (AvgIpc) is 2.46. The molecule has 0 saturated carbocycles. The van der Waals surface area contributed by atoms with Gasteiger partial charge < -0.3 is 0 Å². The van der Waals surface area contributed by atoms with Crippen molar-refractivity contribution < 1.29 is 0 Å². The lowest BCUT2D eigenvalue weighted by Crippen LogP contribution is -2.14. The highest BCUT2D eigenvalue weighted by Gasteiger charge is 2.28. The highest BCUT2D eigenvalue weighted by atomic mass is 35.5. The molecule has 2 aromatic carbocycles. The van der Waals surface area contributed by atoms with Crippen molar-refractivity contribution in [1.29, 1.82) is 0 Å². The van der Waals surface area contributed by atoms with E-state index in [0.29, 0.717) is 16.0 Å². The molecule has 1 aliphatic rings. The first-order chi connectivity index (χ1) is 9.66. The third kappa shape index (κ3) is 2.70. The van der Waals surface area contributed by atoms with E-state index in [1.54, 1.807) is 6.07 Å². The molecule has 0 bridgehead atoms. The van der Waals surface area contributed by atoms with Gasteiger partial charge in [0.1, 0.15) is 0 Å². The van der Waals surface area contributed by atoms with Crippen molar-refractivity contribution in [2.45, 2.75) is 30.6 Å². The smallest absolute Gasteiger partial charge is 0.0668 e. The molecule has 2 atom stereocenters. The minimum atomic E-state index is -0.110. The van der Waals surface area contributed by atoms with Crippen LogP contribution in [0.5, 0.6) is 0 Å². The SMILES string of the molecule is Clc1ccc(C(Cl)C2CCCc3ccccc32)c(Cl)c1. The van der Waals surface area contributed by atoms with Gasteiger partial charge in [-0.3, -0.25) is 0 Å². The number of rotatable bonds is 2. The quantitative estimate of drug-likeness (QED) is 0.561. The normalized spacial score (nSPS) is 19.4. The Morgan fingerprint density at radius 1 is 1.05 bits per heavy atom. The topological polar surface area (TPSA) is 0 Å². The standard InChI is InChI=1S/C17H15Cl3/c18-12-8-9-15(16(19)10-12)17(20)14-7-3-5-11-4-1-2-6-13(11)14/h1-2,4,6,8-10,14,17H,3,5,7H2. The third-order valence-electron chi connectivity index (χ3n) is 4.03. The van der Waals surface area contributed by atoms with E-state index in [4.69, 9.17) is 34.8 Å². The zero-order valence-corrected chi connectivity index (χ0v) is 13.2. The van der Waals surface area contributed by atoms with Gasteiger partial charge >= 0.3 is 0 Å². The van der Waals surface area contributed by atoms with Crippen LogP contribution in [-0.2, 0) is 6.42 Å². The second-order valence-corrected chi connectivity index (χ2v) is 6.58. The minimum Gasteiger partial charge on any atom is -0.117 e. The summed E-state index contributed by atoms with van der Waals surface area (Å²) in [6, 6.07) is 14.1. The molecule has 2 unspecified atom stereocenters. The molecule has 0 fully saturated rings. The zero-order valence-electron chi connectivity index (χ0n) is 11.0. The Labute approximate surface area is 134 Å². The zero-order chi connectivity index (χ0) is 14.1. The van der Waals surface area contributed by atoms with E-state index in [2.05, 4.69) is 24.3 Å². The maximum atomic E-state index is 6.74. The van der Waals surface area contributed by atoms with Crippen LogP contribution in [0.25, 0.3) is 0 Å². The molecule has 104 valence electrons. The highest BCUT2D eigenvalue weighted by molar-refractivity contribution is 6.36. The second kappa shape index (κ2) is 5.97. The van der Waals surface area contributed by atoms with Crippen LogP contribution < -0.4 is 0 Å². The Morgan fingerprint density at radius 3 is 2.65 bits per heavy atom. The van der Waals surface area contributed by atoms with E-state index in [9.17, 15) is 0 Å². The van der Waals surface area contributed by atoms with Gasteiger partial charge in [-0.2, -0.15) is 0 Å². The van der Waals surface area contributed by atoms with Gasteiger partial charge in [-0.1, -0.05) is 53.5 Å². The molecule has 0 aliphatic heterocycles. The van der Waals surface area contributed by atoms with Crippen molar-refractivity contribution >= 4 is 34.8 Å². The number of alkyl halides is 1. The first-order valence-electron chi connectivity index (χ1n) is 6.83. The van der Waals surface area contributed by atoms with Crippen LogP contribution in [0, 0.1) is 0 Å². The largest absolute Gasteiger partial charge is 0.117 e. The van der Waals surface area contributed by atoms with Crippen LogP contribution >= 0.6 is 34.8 Å². The Bertz CT molecular complexity index is 621. The van der Waals surface area contributed by atoms with Crippen molar-refractivity contribution in [1.82, 2.24) is 0 Å². The first kappa shape index (κ1) is 14.3. The molecule has 2 aromatic rings. The molecule has 1 aliphatic carbocycles. The van der Waals surface area contributed by atoms with Crippen molar-refractivity contribution in [2.75, 3.05) is 0 Å². The van der Waals surface area contributed by atoms with E-state index in [-0.39, 0.29) is 5.38 Å². The Morgan fingerprint density at radius 2 is 1.85 bits per heavy atom. The molecule has 0 heterocycles. The number of benzene rings is 2. The molecular weight excluding hydrogens is 311 g/mol. The fourth-order valence-electron chi connectivity index (χ4n) is 3.04. The van der Waals surface area contributed by atoms with E-state index < -0.39 is 0 Å². The van der Waals surface area contributed by atoms with Gasteiger partial charge in [-0.15, -0.1) is 11.6 Å². The van der Waals surface area contributed by atoms with Crippen LogP contribution in [0.15, 0.2) is 42.5 Å². The highest BCUT2D eigenvalue weighted by Crippen LogP contribution is 2.45. The lowest BCUT2D eigenvalue weighted by Gasteiger charge is -2.29. The van der Waals surface area contributed by atoms with E-state index in [0.717, 1.165) is 18.4 Å². The van der Waals surface area contributed by atoms with Crippen molar-refractivity contribution in [3.8, 4) is 0 Å². The van der Waals surface area contributed by atoms with Gasteiger partial charge in [0, 0.05) is 16.0 Å². The number of aryl methyl sites for hydroxylation is 1. The summed E-state index contributed by atoms with van der Waals surface area (Å²) in [5.74, 6) is 0.320. The summed E-state index contributed by atoms with van der Waals surface area (Å²) in [7, 11) is 0. The van der Waals surface area contributed by atoms with Crippen LogP contribution in [-0.4, -0.2) is 0 Å². The summed E-state index contributed by atoms with van der Waals surface area (Å²) in [4.78, 5) is 0. The summed E-state index contributed by atoms with van der Waals surface area (Å²) in [6.45, 7) is 0. The predicted molar refractivity (Wildman–Crippen MR) is 87.2 cm³/mol. The Hall–Kier alpha value is -0.690. The fourth-order valence-corrected chi connectivity index (χ4v) is 4.07. The summed E-state index contributed by atoms with van der Waals surface area (Å²) in [6.07, 6.45) is 3.42. The van der Waals surface area contributed by atoms with E-state index >= 15 is 0 Å². The maximum Gasteiger partial charge on any atom is 0.0668 e. The molecule has 0 nitrogen and oxygen atoms in total. The molecule has 0 radical (unpaired) electrons. The van der Waals surface area contributed by atoms with Gasteiger partial charge in [-0.25, -0.2) is 0 Å². The molecule has 0 saturated heterocycles. The number of halogens is 3. The molecule has 0 spiro atoms. The van der Waals surface area contributed by atoms with Crippen molar-refractivity contribution in [3.63, 3.8) is 0 Å². The predicted octanol–water partition coefficient (Wildman–Crippen LogP) is 6.39. The van der Waals surface area contributed by atoms with Gasteiger partial charge in [-0.05, 0) is 48.1 Å². The van der Waals surface area contributed by atoms with E-state index in [1.165, 1.54) is 17.5 Å². The summed E-state index contributed by atoms with van der Waals surface area (Å²) in [5.41, 5.74) is 3.75. The molecule has 3 rings (SSSR count). The molecule has 0 N–H and O–H groups in total. The summed E-state index contributed by atoms with van der Waals surface area (Å²) < 4.78 is 0. The van der Waals surface area contributed by atoms with Crippen LogP contribution in [0.2, 0.25) is 10.0 Å². The third-order valence-corrected chi connectivity index (χ3v) is 5.13. The van der Waals surface area contributed by atoms with Gasteiger partial charge in [0.15, 0.2) is 0 Å². The minimum absolute atomic E-state index is 0.110. The summed E-state index contributed by atoms with van der Waals surface area (Å²) in [5, 5.41) is 1.19. The lowest BCUT2D eigenvalue weighted by atomic mass is 9.79. The van der Waals surface area contributed by atoms with Crippen molar-refractivity contribution in [3.05, 3.63) is 69.2 Å². The van der Waals surface area contributed by atoms with E-state index in [1.807, 2.05) is 12.1 Å². The monoisotopic (exact) mass is 324 g/mol. The molecule has 20 heavy (non-hydrogen) atoms. The summed E-state index contributed by atoms with van der Waals surface area (Å²) >= 11 is 19.0. The van der Waals surface area contributed by atoms with Crippen LogP contribution in [0.3, 0.4) is 0 Å². The average molecular weight is 326 g/mol. The lowest BCUT2D eigenvalue weighted by molar-refractivity contribution is 0.539. The molecule has 3 heteroatoms. The molecule has 0 amide bonds. The van der Waals surface area contributed by atoms with Gasteiger partial charge in [0.2, 0.25) is 0 Å². The van der Waals surface area contributed by atoms with Gasteiger partial charge in [0.05, 0.1) is 5.38 Å². The Kier molecular flexibility index (Phi) is 4.26. The molecule has 0 aromatic heterocycles. The number of hydrogen-bond donors (Lipinski definition) is 0. The van der Waals surface area contributed by atoms with Crippen LogP contribution in [0.1, 0.15) is 40.8 Å². The number of hydrogen-bond acceptors (Lipinski definition) is 0. The fraction of sp³-hybridized carbons (Fsp3) is 0.294. The van der Waals surface area contributed by atoms with Gasteiger partial charge in [0.25, 0.3) is 0 Å². The maximum absolute atomic E-state index is 6.74. The van der Waals surface area contributed by atoms with Crippen molar-refractivity contribution in [2.24, 2.45) is 0 Å². The Balaban J connectivity index is 1.97. The first-order valence-corrected chi connectivity index (χ1v) is 8.03. The van der Waals surface area contributed by atoms with Crippen LogP contribution in [0.4, 0.5) is 0 Å². The number of fused-ring (bicyclic) bond motifs is 1. The molecular formula is C17H15Cl3. The second-order valence-electron chi connectivity index (χ2n) is 5.27.